The number of fused-ring (bicyclic) bond motifs is 2. The second-order valence-corrected chi connectivity index (χ2v) is 5.17. The summed E-state index contributed by atoms with van der Waals surface area (Å²) in [5.74, 6) is 0.0261. The van der Waals surface area contributed by atoms with Crippen molar-refractivity contribution in [1.82, 2.24) is 20.1 Å². The maximum Gasteiger partial charge on any atom is 0.258 e. The lowest BCUT2D eigenvalue weighted by molar-refractivity contribution is 0.0918. The Hall–Kier alpha value is -2.64. The fourth-order valence-electron chi connectivity index (χ4n) is 2.82. The number of benzene rings is 1. The summed E-state index contributed by atoms with van der Waals surface area (Å²) < 4.78 is 26.2. The van der Waals surface area contributed by atoms with E-state index in [0.717, 1.165) is 19.4 Å². The van der Waals surface area contributed by atoms with Crippen LogP contribution in [0, 0.1) is 5.82 Å². The van der Waals surface area contributed by atoms with E-state index in [9.17, 15) is 9.18 Å². The van der Waals surface area contributed by atoms with E-state index < -0.39 is 11.7 Å². The molecule has 4 rings (SSSR count). The van der Waals surface area contributed by atoms with Crippen LogP contribution in [0.25, 0.3) is 0 Å². The first-order valence-electron chi connectivity index (χ1n) is 7.00. The van der Waals surface area contributed by atoms with Crippen molar-refractivity contribution in [3.63, 3.8) is 0 Å². The molecule has 0 aliphatic carbocycles. The van der Waals surface area contributed by atoms with Gasteiger partial charge in [-0.05, 0) is 25.0 Å². The van der Waals surface area contributed by atoms with Crippen molar-refractivity contribution in [2.45, 2.75) is 25.4 Å². The van der Waals surface area contributed by atoms with Crippen molar-refractivity contribution in [2.24, 2.45) is 0 Å². The second-order valence-electron chi connectivity index (χ2n) is 5.17. The zero-order valence-electron chi connectivity index (χ0n) is 11.6. The molecule has 2 aliphatic rings. The van der Waals surface area contributed by atoms with Gasteiger partial charge in [0.1, 0.15) is 23.5 Å². The van der Waals surface area contributed by atoms with Gasteiger partial charge in [0.05, 0.1) is 6.04 Å². The zero-order chi connectivity index (χ0) is 15.1. The fraction of sp³-hybridized carbons (Fsp3) is 0.357. The number of halogens is 1. The predicted molar refractivity (Wildman–Crippen MR) is 72.0 cm³/mol. The minimum absolute atomic E-state index is 0.0170. The Morgan fingerprint density at radius 3 is 3.23 bits per heavy atom. The number of carbonyl (C=O) groups excluding carboxylic acids is 1. The van der Waals surface area contributed by atoms with Gasteiger partial charge in [-0.2, -0.15) is 5.10 Å². The first kappa shape index (κ1) is 13.1. The highest BCUT2D eigenvalue weighted by Gasteiger charge is 2.30. The minimum Gasteiger partial charge on any atom is -0.454 e. The SMILES string of the molecule is O=C(NC1CCCn2ncnc21)c1c(F)ccc2c1OCO2. The van der Waals surface area contributed by atoms with Gasteiger partial charge in [0, 0.05) is 6.54 Å². The number of hydrogen-bond donors (Lipinski definition) is 1. The molecule has 1 unspecified atom stereocenters. The van der Waals surface area contributed by atoms with Gasteiger partial charge in [0.2, 0.25) is 6.79 Å². The van der Waals surface area contributed by atoms with Crippen molar-refractivity contribution < 1.29 is 18.7 Å². The number of nitrogens with one attached hydrogen (secondary N) is 1. The van der Waals surface area contributed by atoms with Gasteiger partial charge in [-0.15, -0.1) is 0 Å². The van der Waals surface area contributed by atoms with Gasteiger partial charge < -0.3 is 14.8 Å². The molecular weight excluding hydrogens is 291 g/mol. The van der Waals surface area contributed by atoms with E-state index in [1.54, 1.807) is 4.68 Å². The smallest absolute Gasteiger partial charge is 0.258 e. The highest BCUT2D eigenvalue weighted by Crippen LogP contribution is 2.37. The van der Waals surface area contributed by atoms with Gasteiger partial charge in [0.25, 0.3) is 5.91 Å². The van der Waals surface area contributed by atoms with Crippen LogP contribution in [0.2, 0.25) is 0 Å². The number of ether oxygens (including phenoxy) is 2. The van der Waals surface area contributed by atoms with Crippen LogP contribution in [-0.4, -0.2) is 27.5 Å². The number of aromatic nitrogens is 3. The summed E-state index contributed by atoms with van der Waals surface area (Å²) in [4.78, 5) is 16.6. The third kappa shape index (κ3) is 1.99. The third-order valence-corrected chi connectivity index (χ3v) is 3.84. The number of rotatable bonds is 2. The predicted octanol–water partition coefficient (Wildman–Crippen LogP) is 1.41. The summed E-state index contributed by atoms with van der Waals surface area (Å²) in [7, 11) is 0. The van der Waals surface area contributed by atoms with E-state index in [2.05, 4.69) is 15.4 Å². The maximum atomic E-state index is 14.1. The summed E-state index contributed by atoms with van der Waals surface area (Å²) in [5, 5.41) is 6.91. The number of carbonyl (C=O) groups is 1. The molecule has 0 radical (unpaired) electrons. The molecule has 8 heteroatoms. The molecule has 0 fully saturated rings. The molecule has 3 heterocycles. The van der Waals surface area contributed by atoms with E-state index in [1.807, 2.05) is 0 Å². The number of hydrogen-bond acceptors (Lipinski definition) is 5. The molecule has 0 saturated carbocycles. The van der Waals surface area contributed by atoms with Gasteiger partial charge >= 0.3 is 0 Å². The van der Waals surface area contributed by atoms with Crippen LogP contribution >= 0.6 is 0 Å². The van der Waals surface area contributed by atoms with Crippen LogP contribution in [0.5, 0.6) is 11.5 Å². The monoisotopic (exact) mass is 304 g/mol. The first-order valence-corrected chi connectivity index (χ1v) is 7.00. The highest BCUT2D eigenvalue weighted by atomic mass is 19.1. The molecule has 2 aromatic rings. The Balaban J connectivity index is 1.64. The molecule has 1 aromatic carbocycles. The van der Waals surface area contributed by atoms with E-state index in [-0.39, 0.29) is 24.1 Å². The minimum atomic E-state index is -0.640. The van der Waals surface area contributed by atoms with Crippen molar-refractivity contribution in [1.29, 1.82) is 0 Å². The Kier molecular flexibility index (Phi) is 2.95. The van der Waals surface area contributed by atoms with Crippen LogP contribution in [0.15, 0.2) is 18.5 Å². The molecule has 114 valence electrons. The molecule has 1 N–H and O–H groups in total. The molecule has 7 nitrogen and oxygen atoms in total. The molecule has 1 amide bonds. The summed E-state index contributed by atoms with van der Waals surface area (Å²) in [6.45, 7) is 0.755. The van der Waals surface area contributed by atoms with Crippen LogP contribution in [0.3, 0.4) is 0 Å². The Bertz CT molecular complexity index is 746. The van der Waals surface area contributed by atoms with Gasteiger partial charge in [-0.25, -0.2) is 14.1 Å². The van der Waals surface area contributed by atoms with E-state index in [4.69, 9.17) is 9.47 Å². The summed E-state index contributed by atoms with van der Waals surface area (Å²) in [6.07, 6.45) is 3.06. The summed E-state index contributed by atoms with van der Waals surface area (Å²) in [6, 6.07) is 2.36. The molecule has 0 saturated heterocycles. The van der Waals surface area contributed by atoms with Crippen LogP contribution in [0.4, 0.5) is 4.39 Å². The van der Waals surface area contributed by atoms with Crippen LogP contribution in [0.1, 0.15) is 35.1 Å². The normalized spacial score (nSPS) is 18.9. The third-order valence-electron chi connectivity index (χ3n) is 3.84. The molecule has 2 aliphatic heterocycles. The van der Waals surface area contributed by atoms with Crippen LogP contribution < -0.4 is 14.8 Å². The van der Waals surface area contributed by atoms with Crippen molar-refractivity contribution >= 4 is 5.91 Å². The van der Waals surface area contributed by atoms with Crippen molar-refractivity contribution in [3.8, 4) is 11.5 Å². The lowest BCUT2D eigenvalue weighted by Crippen LogP contribution is -2.33. The molecule has 1 aromatic heterocycles. The zero-order valence-corrected chi connectivity index (χ0v) is 11.6. The van der Waals surface area contributed by atoms with Crippen molar-refractivity contribution in [2.75, 3.05) is 6.79 Å². The average Bonchev–Trinajstić information content (AvgIpc) is 3.15. The largest absolute Gasteiger partial charge is 0.454 e. The van der Waals surface area contributed by atoms with Crippen LogP contribution in [-0.2, 0) is 6.54 Å². The lowest BCUT2D eigenvalue weighted by atomic mass is 10.1. The Morgan fingerprint density at radius 1 is 1.41 bits per heavy atom. The fourth-order valence-corrected chi connectivity index (χ4v) is 2.82. The van der Waals surface area contributed by atoms with E-state index >= 15 is 0 Å². The first-order chi connectivity index (χ1) is 10.7. The maximum absolute atomic E-state index is 14.1. The molecule has 1 atom stereocenters. The molecular formula is C14H13FN4O3. The molecule has 22 heavy (non-hydrogen) atoms. The number of nitrogens with zero attached hydrogens (tertiary/aromatic N) is 3. The standard InChI is InChI=1S/C14H13FN4O3/c15-8-3-4-10-12(22-7-21-10)11(8)14(20)18-9-2-1-5-19-13(9)16-6-17-19/h3-4,6,9H,1-2,5,7H2,(H,18,20). The van der Waals surface area contributed by atoms with Crippen molar-refractivity contribution in [3.05, 3.63) is 35.7 Å². The number of aryl methyl sites for hydroxylation is 1. The molecule has 0 bridgehead atoms. The number of amides is 1. The second kappa shape index (κ2) is 4.97. The summed E-state index contributed by atoms with van der Waals surface area (Å²) >= 11 is 0. The lowest BCUT2D eigenvalue weighted by Gasteiger charge is -2.23. The van der Waals surface area contributed by atoms with Gasteiger partial charge in [0.15, 0.2) is 11.5 Å². The highest BCUT2D eigenvalue weighted by molar-refractivity contribution is 5.98. The van der Waals surface area contributed by atoms with E-state index in [0.29, 0.717) is 11.6 Å². The van der Waals surface area contributed by atoms with Gasteiger partial charge in [-0.1, -0.05) is 0 Å². The Labute approximate surface area is 125 Å². The Morgan fingerprint density at radius 2 is 2.32 bits per heavy atom. The molecule has 0 spiro atoms. The van der Waals surface area contributed by atoms with E-state index in [1.165, 1.54) is 18.5 Å². The average molecular weight is 304 g/mol. The quantitative estimate of drug-likeness (QED) is 0.907. The summed E-state index contributed by atoms with van der Waals surface area (Å²) in [5.41, 5.74) is -0.133. The topological polar surface area (TPSA) is 78.3 Å². The van der Waals surface area contributed by atoms with Gasteiger partial charge in [-0.3, -0.25) is 4.79 Å².